The molecule has 0 unspecified atom stereocenters. The Bertz CT molecular complexity index is 894. The first-order valence-corrected chi connectivity index (χ1v) is 7.57. The number of aromatic nitrogens is 1. The van der Waals surface area contributed by atoms with E-state index < -0.39 is 11.6 Å². The highest BCUT2D eigenvalue weighted by Crippen LogP contribution is 2.19. The summed E-state index contributed by atoms with van der Waals surface area (Å²) in [6.07, 6.45) is 1.48. The van der Waals surface area contributed by atoms with Crippen LogP contribution in [0.1, 0.15) is 15.9 Å². The first kappa shape index (κ1) is 16.6. The van der Waals surface area contributed by atoms with Crippen molar-refractivity contribution in [2.24, 2.45) is 0 Å². The number of halogens is 2. The van der Waals surface area contributed by atoms with E-state index >= 15 is 0 Å². The lowest BCUT2D eigenvalue weighted by molar-refractivity contribution is 0.102. The van der Waals surface area contributed by atoms with E-state index in [0.29, 0.717) is 22.8 Å². The molecule has 126 valence electrons. The third-order valence-electron chi connectivity index (χ3n) is 3.53. The minimum absolute atomic E-state index is 0.233. The summed E-state index contributed by atoms with van der Waals surface area (Å²) in [4.78, 5) is 16.3. The molecule has 2 aromatic carbocycles. The van der Waals surface area contributed by atoms with E-state index in [4.69, 9.17) is 0 Å². The van der Waals surface area contributed by atoms with Gasteiger partial charge in [-0.25, -0.2) is 13.8 Å². The van der Waals surface area contributed by atoms with Gasteiger partial charge in [0, 0.05) is 17.3 Å². The Morgan fingerprint density at radius 2 is 1.64 bits per heavy atom. The predicted molar refractivity (Wildman–Crippen MR) is 93.0 cm³/mol. The minimum Gasteiger partial charge on any atom is -0.340 e. The van der Waals surface area contributed by atoms with Gasteiger partial charge >= 0.3 is 0 Å². The summed E-state index contributed by atoms with van der Waals surface area (Å²) in [5.74, 6) is -1.64. The Kier molecular flexibility index (Phi) is 4.70. The predicted octanol–water partition coefficient (Wildman–Crippen LogP) is 4.66. The Balaban J connectivity index is 1.66. The van der Waals surface area contributed by atoms with Crippen LogP contribution in [-0.4, -0.2) is 10.9 Å². The van der Waals surface area contributed by atoms with Crippen LogP contribution in [0.5, 0.6) is 0 Å². The first-order chi connectivity index (χ1) is 12.0. The molecule has 3 rings (SSSR count). The number of rotatable bonds is 4. The molecule has 0 saturated carbocycles. The van der Waals surface area contributed by atoms with Gasteiger partial charge in [-0.15, -0.1) is 0 Å². The van der Waals surface area contributed by atoms with Crippen LogP contribution in [0.15, 0.2) is 60.8 Å². The van der Waals surface area contributed by atoms with Gasteiger partial charge in [-0.2, -0.15) is 0 Å². The zero-order valence-corrected chi connectivity index (χ0v) is 13.4. The topological polar surface area (TPSA) is 54.0 Å². The van der Waals surface area contributed by atoms with E-state index in [-0.39, 0.29) is 5.91 Å². The number of hydrogen-bond donors (Lipinski definition) is 2. The summed E-state index contributed by atoms with van der Waals surface area (Å²) in [6.45, 7) is 1.95. The van der Waals surface area contributed by atoms with Crippen LogP contribution in [0.3, 0.4) is 0 Å². The minimum atomic E-state index is -0.938. The molecule has 1 aromatic heterocycles. The quantitative estimate of drug-likeness (QED) is 0.727. The summed E-state index contributed by atoms with van der Waals surface area (Å²) in [5.41, 5.74) is 2.53. The monoisotopic (exact) mass is 339 g/mol. The summed E-state index contributed by atoms with van der Waals surface area (Å²) < 4.78 is 26.1. The van der Waals surface area contributed by atoms with Crippen LogP contribution in [-0.2, 0) is 0 Å². The van der Waals surface area contributed by atoms with Crippen LogP contribution >= 0.6 is 0 Å². The van der Waals surface area contributed by atoms with Gasteiger partial charge in [0.15, 0.2) is 11.6 Å². The van der Waals surface area contributed by atoms with E-state index in [2.05, 4.69) is 15.6 Å². The molecule has 6 heteroatoms. The number of anilines is 3. The van der Waals surface area contributed by atoms with E-state index in [0.717, 1.165) is 17.7 Å². The van der Waals surface area contributed by atoms with Crippen molar-refractivity contribution in [3.63, 3.8) is 0 Å². The molecular weight excluding hydrogens is 324 g/mol. The lowest BCUT2D eigenvalue weighted by Crippen LogP contribution is -2.12. The number of benzene rings is 2. The molecule has 1 heterocycles. The van der Waals surface area contributed by atoms with Crippen LogP contribution in [0.4, 0.5) is 26.0 Å². The van der Waals surface area contributed by atoms with Gasteiger partial charge in [0.2, 0.25) is 0 Å². The average molecular weight is 339 g/mol. The Morgan fingerprint density at radius 1 is 0.920 bits per heavy atom. The second-order valence-electron chi connectivity index (χ2n) is 5.51. The maximum Gasteiger partial charge on any atom is 0.255 e. The summed E-state index contributed by atoms with van der Waals surface area (Å²) in [7, 11) is 0. The number of aryl methyl sites for hydroxylation is 1. The third-order valence-corrected chi connectivity index (χ3v) is 3.53. The Morgan fingerprint density at radius 3 is 2.28 bits per heavy atom. The fourth-order valence-electron chi connectivity index (χ4n) is 2.17. The van der Waals surface area contributed by atoms with Gasteiger partial charge in [-0.1, -0.05) is 17.7 Å². The number of nitrogens with zero attached hydrogens (tertiary/aromatic N) is 1. The van der Waals surface area contributed by atoms with Crippen LogP contribution in [0, 0.1) is 18.6 Å². The SMILES string of the molecule is Cc1ccc(C(=O)Nc2ccc(Nc3ccc(F)c(F)c3)nc2)cc1. The molecule has 1 amide bonds. The molecule has 4 nitrogen and oxygen atoms in total. The van der Waals surface area contributed by atoms with E-state index in [1.165, 1.54) is 12.3 Å². The fourth-order valence-corrected chi connectivity index (χ4v) is 2.17. The molecule has 0 radical (unpaired) electrons. The summed E-state index contributed by atoms with van der Waals surface area (Å²) in [5, 5.41) is 5.61. The molecule has 0 aliphatic heterocycles. The van der Waals surface area contributed by atoms with Gasteiger partial charge in [0.05, 0.1) is 11.9 Å². The van der Waals surface area contributed by atoms with Crippen molar-refractivity contribution in [1.29, 1.82) is 0 Å². The lowest BCUT2D eigenvalue weighted by Gasteiger charge is -2.08. The van der Waals surface area contributed by atoms with Crippen LogP contribution in [0.25, 0.3) is 0 Å². The van der Waals surface area contributed by atoms with E-state index in [9.17, 15) is 13.6 Å². The van der Waals surface area contributed by atoms with Gasteiger partial charge in [-0.05, 0) is 43.3 Å². The van der Waals surface area contributed by atoms with Crippen LogP contribution in [0.2, 0.25) is 0 Å². The standard InChI is InChI=1S/C19H15F2N3O/c1-12-2-4-13(5-3-12)19(25)24-15-7-9-18(22-11-15)23-14-6-8-16(20)17(21)10-14/h2-11H,1H3,(H,22,23)(H,24,25). The van der Waals surface area contributed by atoms with Crippen molar-refractivity contribution in [3.05, 3.63) is 83.6 Å². The molecule has 0 atom stereocenters. The largest absolute Gasteiger partial charge is 0.340 e. The molecule has 0 aliphatic rings. The molecule has 0 fully saturated rings. The number of carbonyl (C=O) groups is 1. The molecule has 0 spiro atoms. The first-order valence-electron chi connectivity index (χ1n) is 7.57. The van der Waals surface area contributed by atoms with Gasteiger partial charge in [0.1, 0.15) is 5.82 Å². The molecular formula is C19H15F2N3O. The van der Waals surface area contributed by atoms with E-state index in [1.807, 2.05) is 19.1 Å². The van der Waals surface area contributed by atoms with Crippen molar-refractivity contribution in [1.82, 2.24) is 4.98 Å². The number of pyridine rings is 1. The van der Waals surface area contributed by atoms with Crippen molar-refractivity contribution >= 4 is 23.1 Å². The van der Waals surface area contributed by atoms with Crippen molar-refractivity contribution < 1.29 is 13.6 Å². The zero-order chi connectivity index (χ0) is 17.8. The second kappa shape index (κ2) is 7.09. The smallest absolute Gasteiger partial charge is 0.255 e. The van der Waals surface area contributed by atoms with Gasteiger partial charge < -0.3 is 10.6 Å². The van der Waals surface area contributed by atoms with Crippen molar-refractivity contribution in [2.75, 3.05) is 10.6 Å². The third kappa shape index (κ3) is 4.17. The fraction of sp³-hybridized carbons (Fsp3) is 0.0526. The van der Waals surface area contributed by atoms with Gasteiger partial charge in [0.25, 0.3) is 5.91 Å². The molecule has 2 N–H and O–H groups in total. The highest BCUT2D eigenvalue weighted by Gasteiger charge is 2.07. The van der Waals surface area contributed by atoms with E-state index in [1.54, 1.807) is 24.3 Å². The number of hydrogen-bond acceptors (Lipinski definition) is 3. The highest BCUT2D eigenvalue weighted by atomic mass is 19.2. The average Bonchev–Trinajstić information content (AvgIpc) is 2.60. The number of amides is 1. The Hall–Kier alpha value is -3.28. The molecule has 0 saturated heterocycles. The van der Waals surface area contributed by atoms with Crippen molar-refractivity contribution in [2.45, 2.75) is 6.92 Å². The normalized spacial score (nSPS) is 10.4. The number of carbonyl (C=O) groups excluding carboxylic acids is 1. The molecule has 0 bridgehead atoms. The summed E-state index contributed by atoms with van der Waals surface area (Å²) >= 11 is 0. The maximum absolute atomic E-state index is 13.2. The van der Waals surface area contributed by atoms with Crippen molar-refractivity contribution in [3.8, 4) is 0 Å². The van der Waals surface area contributed by atoms with Crippen LogP contribution < -0.4 is 10.6 Å². The maximum atomic E-state index is 13.2. The second-order valence-corrected chi connectivity index (χ2v) is 5.51. The zero-order valence-electron chi connectivity index (χ0n) is 13.4. The molecule has 25 heavy (non-hydrogen) atoms. The molecule has 3 aromatic rings. The van der Waals surface area contributed by atoms with Gasteiger partial charge in [-0.3, -0.25) is 4.79 Å². The highest BCUT2D eigenvalue weighted by molar-refractivity contribution is 6.04. The lowest BCUT2D eigenvalue weighted by atomic mass is 10.1. The summed E-state index contributed by atoms with van der Waals surface area (Å²) in [6, 6.07) is 14.0. The number of nitrogens with one attached hydrogen (secondary N) is 2. The Labute approximate surface area is 143 Å². The molecule has 0 aliphatic carbocycles.